The van der Waals surface area contributed by atoms with E-state index < -0.39 is 0 Å². The number of anilines is 1. The largest absolute Gasteiger partial charge is 0.494 e. The molecule has 3 rings (SSSR count). The van der Waals surface area contributed by atoms with Crippen molar-refractivity contribution in [1.82, 2.24) is 0 Å². The standard InChI is InChI=1S/C18H13Cl2NO3S/c1-2-24-13-6-3-11(4-7-13)9-16-17(22)21(18(23)25-16)12-5-8-14(19)15(20)10-12/h3-10H,2H2,1H3/b16-9-. The Balaban J connectivity index is 1.86. The van der Waals surface area contributed by atoms with Crippen molar-refractivity contribution in [3.8, 4) is 5.75 Å². The van der Waals surface area contributed by atoms with Crippen LogP contribution in [-0.2, 0) is 4.79 Å². The van der Waals surface area contributed by atoms with Gasteiger partial charge in [0.1, 0.15) is 5.75 Å². The molecule has 1 heterocycles. The molecule has 0 unspecified atom stereocenters. The normalized spacial score (nSPS) is 16.0. The molecule has 4 nitrogen and oxygen atoms in total. The van der Waals surface area contributed by atoms with Gasteiger partial charge in [0.15, 0.2) is 0 Å². The van der Waals surface area contributed by atoms with Crippen molar-refractivity contribution in [3.63, 3.8) is 0 Å². The lowest BCUT2D eigenvalue weighted by molar-refractivity contribution is -0.113. The first-order chi connectivity index (χ1) is 12.0. The molecule has 0 saturated carbocycles. The van der Waals surface area contributed by atoms with Gasteiger partial charge in [-0.1, -0.05) is 35.3 Å². The van der Waals surface area contributed by atoms with Gasteiger partial charge < -0.3 is 4.74 Å². The third kappa shape index (κ3) is 3.84. The number of halogens is 2. The Morgan fingerprint density at radius 1 is 1.08 bits per heavy atom. The maximum Gasteiger partial charge on any atom is 0.298 e. The van der Waals surface area contributed by atoms with Crippen molar-refractivity contribution in [1.29, 1.82) is 0 Å². The van der Waals surface area contributed by atoms with Crippen LogP contribution in [0.4, 0.5) is 10.5 Å². The summed E-state index contributed by atoms with van der Waals surface area (Å²) in [6, 6.07) is 11.9. The van der Waals surface area contributed by atoms with Crippen LogP contribution in [-0.4, -0.2) is 17.8 Å². The zero-order valence-corrected chi connectivity index (χ0v) is 15.5. The first-order valence-corrected chi connectivity index (χ1v) is 9.02. The number of imide groups is 1. The van der Waals surface area contributed by atoms with Crippen LogP contribution in [0.2, 0.25) is 10.0 Å². The third-order valence-corrected chi connectivity index (χ3v) is 5.05. The number of hydrogen-bond acceptors (Lipinski definition) is 4. The molecular formula is C18H13Cl2NO3S. The molecule has 0 atom stereocenters. The van der Waals surface area contributed by atoms with Gasteiger partial charge in [-0.3, -0.25) is 9.59 Å². The van der Waals surface area contributed by atoms with Gasteiger partial charge >= 0.3 is 0 Å². The molecule has 7 heteroatoms. The minimum Gasteiger partial charge on any atom is -0.494 e. The quantitative estimate of drug-likeness (QED) is 0.631. The number of hydrogen-bond donors (Lipinski definition) is 0. The molecule has 1 aliphatic rings. The van der Waals surface area contributed by atoms with Crippen molar-refractivity contribution in [2.45, 2.75) is 6.92 Å². The second-order valence-corrected chi connectivity index (χ2v) is 6.93. The third-order valence-electron chi connectivity index (χ3n) is 3.44. The van der Waals surface area contributed by atoms with E-state index >= 15 is 0 Å². The highest BCUT2D eigenvalue weighted by Gasteiger charge is 2.36. The fourth-order valence-electron chi connectivity index (χ4n) is 2.29. The minimum absolute atomic E-state index is 0.286. The summed E-state index contributed by atoms with van der Waals surface area (Å²) in [5.74, 6) is 0.367. The van der Waals surface area contributed by atoms with Crippen LogP contribution in [0.25, 0.3) is 6.08 Å². The molecule has 2 aromatic carbocycles. The van der Waals surface area contributed by atoms with Gasteiger partial charge in [-0.15, -0.1) is 0 Å². The van der Waals surface area contributed by atoms with Gasteiger partial charge in [0.25, 0.3) is 11.1 Å². The smallest absolute Gasteiger partial charge is 0.298 e. The van der Waals surface area contributed by atoms with Crippen LogP contribution in [0.3, 0.4) is 0 Å². The number of nitrogens with zero attached hydrogens (tertiary/aromatic N) is 1. The minimum atomic E-state index is -0.387. The summed E-state index contributed by atoms with van der Waals surface area (Å²) in [5, 5.41) is 0.275. The Bertz CT molecular complexity index is 865. The lowest BCUT2D eigenvalue weighted by Gasteiger charge is -2.13. The molecule has 128 valence electrons. The highest BCUT2D eigenvalue weighted by atomic mass is 35.5. The molecule has 0 bridgehead atoms. The number of rotatable bonds is 4. The second-order valence-electron chi connectivity index (χ2n) is 5.12. The average molecular weight is 394 g/mol. The maximum absolute atomic E-state index is 12.6. The SMILES string of the molecule is CCOc1ccc(/C=C2\SC(=O)N(c3ccc(Cl)c(Cl)c3)C2=O)cc1. The molecular weight excluding hydrogens is 381 g/mol. The van der Waals surface area contributed by atoms with E-state index in [1.165, 1.54) is 6.07 Å². The molecule has 1 aliphatic heterocycles. The zero-order valence-electron chi connectivity index (χ0n) is 13.2. The van der Waals surface area contributed by atoms with E-state index in [1.54, 1.807) is 18.2 Å². The Hall–Kier alpha value is -1.95. The number of carbonyl (C=O) groups excluding carboxylic acids is 2. The van der Waals surface area contributed by atoms with Crippen LogP contribution >= 0.6 is 35.0 Å². The Morgan fingerprint density at radius 2 is 1.80 bits per heavy atom. The Labute approximate surface area is 159 Å². The predicted octanol–water partition coefficient (Wildman–Crippen LogP) is 5.63. The second kappa shape index (κ2) is 7.52. The summed E-state index contributed by atoms with van der Waals surface area (Å²) in [4.78, 5) is 26.3. The molecule has 1 fully saturated rings. The Morgan fingerprint density at radius 3 is 2.44 bits per heavy atom. The van der Waals surface area contributed by atoms with Crippen molar-refractivity contribution in [3.05, 3.63) is 63.0 Å². The van der Waals surface area contributed by atoms with Crippen molar-refractivity contribution in [2.24, 2.45) is 0 Å². The molecule has 1 saturated heterocycles. The topological polar surface area (TPSA) is 46.6 Å². The summed E-state index contributed by atoms with van der Waals surface area (Å²) in [5.41, 5.74) is 1.20. The lowest BCUT2D eigenvalue weighted by Crippen LogP contribution is -2.27. The molecule has 0 aromatic heterocycles. The fourth-order valence-corrected chi connectivity index (χ4v) is 3.43. The van der Waals surface area contributed by atoms with Crippen molar-refractivity contribution >= 4 is 57.9 Å². The number of benzene rings is 2. The summed E-state index contributed by atoms with van der Waals surface area (Å²) in [7, 11) is 0. The van der Waals surface area contributed by atoms with E-state index in [9.17, 15) is 9.59 Å². The summed E-state index contributed by atoms with van der Waals surface area (Å²) < 4.78 is 5.39. The van der Waals surface area contributed by atoms with Crippen LogP contribution in [0, 0.1) is 0 Å². The van der Waals surface area contributed by atoms with E-state index in [2.05, 4.69) is 0 Å². The van der Waals surface area contributed by atoms with E-state index in [4.69, 9.17) is 27.9 Å². The van der Waals surface area contributed by atoms with E-state index in [0.29, 0.717) is 22.2 Å². The van der Waals surface area contributed by atoms with Gasteiger partial charge in [-0.2, -0.15) is 0 Å². The fraction of sp³-hybridized carbons (Fsp3) is 0.111. The molecule has 2 amide bonds. The number of thioether (sulfide) groups is 1. The zero-order chi connectivity index (χ0) is 18.0. The van der Waals surface area contributed by atoms with E-state index in [-0.39, 0.29) is 16.2 Å². The van der Waals surface area contributed by atoms with Crippen molar-refractivity contribution < 1.29 is 14.3 Å². The lowest BCUT2D eigenvalue weighted by atomic mass is 10.2. The first-order valence-electron chi connectivity index (χ1n) is 7.45. The van der Waals surface area contributed by atoms with Gasteiger partial charge in [0.05, 0.1) is 27.2 Å². The van der Waals surface area contributed by atoms with Crippen molar-refractivity contribution in [2.75, 3.05) is 11.5 Å². The first kappa shape index (κ1) is 17.9. The monoisotopic (exact) mass is 393 g/mol. The average Bonchev–Trinajstić information content (AvgIpc) is 2.86. The maximum atomic E-state index is 12.6. The van der Waals surface area contributed by atoms with Gasteiger partial charge in [0, 0.05) is 0 Å². The van der Waals surface area contributed by atoms with Crippen LogP contribution in [0.15, 0.2) is 47.4 Å². The number of amides is 2. The number of carbonyl (C=O) groups is 2. The van der Waals surface area contributed by atoms with Crippen LogP contribution in [0.5, 0.6) is 5.75 Å². The summed E-state index contributed by atoms with van der Waals surface area (Å²) in [6.07, 6.45) is 1.68. The summed E-state index contributed by atoms with van der Waals surface area (Å²) >= 11 is 12.8. The van der Waals surface area contributed by atoms with Gasteiger partial charge in [0.2, 0.25) is 0 Å². The Kier molecular flexibility index (Phi) is 5.37. The van der Waals surface area contributed by atoms with Crippen LogP contribution in [0.1, 0.15) is 12.5 Å². The highest BCUT2D eigenvalue weighted by Crippen LogP contribution is 2.37. The van der Waals surface area contributed by atoms with Gasteiger partial charge in [-0.25, -0.2) is 4.90 Å². The molecule has 2 aromatic rings. The molecule has 0 N–H and O–H groups in total. The molecule has 0 spiro atoms. The highest BCUT2D eigenvalue weighted by molar-refractivity contribution is 8.19. The van der Waals surface area contributed by atoms with Gasteiger partial charge in [-0.05, 0) is 60.7 Å². The molecule has 0 radical (unpaired) electrons. The molecule has 0 aliphatic carbocycles. The molecule has 25 heavy (non-hydrogen) atoms. The predicted molar refractivity (Wildman–Crippen MR) is 103 cm³/mol. The van der Waals surface area contributed by atoms with E-state index in [1.807, 2.05) is 31.2 Å². The summed E-state index contributed by atoms with van der Waals surface area (Å²) in [6.45, 7) is 2.49. The van der Waals surface area contributed by atoms with Crippen LogP contribution < -0.4 is 9.64 Å². The van der Waals surface area contributed by atoms with E-state index in [0.717, 1.165) is 28.0 Å². The number of ether oxygens (including phenoxy) is 1.